The van der Waals surface area contributed by atoms with Gasteiger partial charge in [0.1, 0.15) is 11.9 Å². The Kier molecular flexibility index (Phi) is 4.47. The molecule has 0 atom stereocenters. The average molecular weight is 333 g/mol. The number of nitriles is 1. The number of allylic oxidation sites excluding steroid dienone is 1. The van der Waals surface area contributed by atoms with E-state index in [1.54, 1.807) is 18.2 Å². The molecule has 112 valence electrons. The minimum absolute atomic E-state index is 0.466. The number of hydrogen-bond donors (Lipinski definition) is 0. The predicted octanol–water partition coefficient (Wildman–Crippen LogP) is 4.38. The fraction of sp³-hybridized carbons (Fsp3) is 0.312. The van der Waals surface area contributed by atoms with Gasteiger partial charge in [-0.2, -0.15) is 5.26 Å². The Morgan fingerprint density at radius 1 is 1.18 bits per heavy atom. The lowest BCUT2D eigenvalue weighted by Crippen LogP contribution is -2.05. The molecule has 0 unspecified atom stereocenters. The lowest BCUT2D eigenvalue weighted by molar-refractivity contribution is 0.627. The fourth-order valence-electron chi connectivity index (χ4n) is 2.60. The van der Waals surface area contributed by atoms with Crippen LogP contribution >= 0.6 is 23.2 Å². The van der Waals surface area contributed by atoms with E-state index in [0.29, 0.717) is 21.4 Å². The predicted molar refractivity (Wildman–Crippen MR) is 87.5 cm³/mol. The first-order valence-electron chi connectivity index (χ1n) is 7.18. The van der Waals surface area contributed by atoms with E-state index >= 15 is 0 Å². The van der Waals surface area contributed by atoms with Gasteiger partial charge in [-0.15, -0.1) is 10.2 Å². The summed E-state index contributed by atoms with van der Waals surface area (Å²) in [5, 5.41) is 18.9. The van der Waals surface area contributed by atoms with Gasteiger partial charge in [-0.1, -0.05) is 35.7 Å². The van der Waals surface area contributed by atoms with Crippen molar-refractivity contribution in [3.05, 3.63) is 45.5 Å². The molecule has 0 fully saturated rings. The summed E-state index contributed by atoms with van der Waals surface area (Å²) < 4.78 is 2.06. The highest BCUT2D eigenvalue weighted by molar-refractivity contribution is 6.42. The molecule has 6 heteroatoms. The second-order valence-corrected chi connectivity index (χ2v) is 6.06. The van der Waals surface area contributed by atoms with Gasteiger partial charge in [0, 0.05) is 13.0 Å². The monoisotopic (exact) mass is 332 g/mol. The number of aryl methyl sites for hydroxylation is 1. The van der Waals surface area contributed by atoms with E-state index in [-0.39, 0.29) is 0 Å². The number of hydrogen-bond acceptors (Lipinski definition) is 3. The van der Waals surface area contributed by atoms with Gasteiger partial charge in [-0.05, 0) is 36.6 Å². The number of fused-ring (bicyclic) bond motifs is 1. The Morgan fingerprint density at radius 2 is 2.05 bits per heavy atom. The van der Waals surface area contributed by atoms with E-state index in [1.807, 2.05) is 6.07 Å². The highest BCUT2D eigenvalue weighted by Gasteiger charge is 2.17. The molecule has 0 saturated heterocycles. The van der Waals surface area contributed by atoms with Crippen molar-refractivity contribution in [2.75, 3.05) is 0 Å². The molecule has 0 bridgehead atoms. The summed E-state index contributed by atoms with van der Waals surface area (Å²) in [6.45, 7) is 0.859. The highest BCUT2D eigenvalue weighted by Crippen LogP contribution is 2.26. The van der Waals surface area contributed by atoms with Crippen LogP contribution in [0.15, 0.2) is 18.2 Å². The summed E-state index contributed by atoms with van der Waals surface area (Å²) in [5.41, 5.74) is 1.30. The van der Waals surface area contributed by atoms with Crippen LogP contribution in [-0.2, 0) is 13.0 Å². The van der Waals surface area contributed by atoms with Crippen LogP contribution < -0.4 is 0 Å². The molecule has 4 nitrogen and oxygen atoms in total. The van der Waals surface area contributed by atoms with Crippen molar-refractivity contribution in [1.29, 1.82) is 5.26 Å². The van der Waals surface area contributed by atoms with Crippen LogP contribution in [0.2, 0.25) is 10.0 Å². The van der Waals surface area contributed by atoms with E-state index in [4.69, 9.17) is 23.2 Å². The van der Waals surface area contributed by atoms with Gasteiger partial charge in [0.2, 0.25) is 0 Å². The first-order chi connectivity index (χ1) is 10.7. The minimum Gasteiger partial charge on any atom is -0.310 e. The van der Waals surface area contributed by atoms with Gasteiger partial charge in [0.05, 0.1) is 15.6 Å². The van der Waals surface area contributed by atoms with Crippen LogP contribution in [0.5, 0.6) is 0 Å². The standard InChI is InChI=1S/C16H14Cl2N4/c17-13-6-5-11(9-14(13)18)8-12(10-19)16-21-20-15-4-2-1-3-7-22(15)16/h5-6,8-9H,1-4,7H2/b12-8-. The van der Waals surface area contributed by atoms with Gasteiger partial charge >= 0.3 is 0 Å². The van der Waals surface area contributed by atoms with Gasteiger partial charge in [-0.25, -0.2) is 0 Å². The van der Waals surface area contributed by atoms with Crippen molar-refractivity contribution in [2.24, 2.45) is 0 Å². The van der Waals surface area contributed by atoms with Crippen molar-refractivity contribution in [3.8, 4) is 6.07 Å². The summed E-state index contributed by atoms with van der Waals surface area (Å²) in [6, 6.07) is 7.50. The Balaban J connectivity index is 2.01. The number of nitrogens with zero attached hydrogens (tertiary/aromatic N) is 4. The fourth-order valence-corrected chi connectivity index (χ4v) is 2.91. The first kappa shape index (κ1) is 15.1. The van der Waals surface area contributed by atoms with Gasteiger partial charge in [-0.3, -0.25) is 0 Å². The number of benzene rings is 1. The van der Waals surface area contributed by atoms with Crippen molar-refractivity contribution >= 4 is 34.9 Å². The van der Waals surface area contributed by atoms with Crippen LogP contribution in [0.3, 0.4) is 0 Å². The zero-order valence-electron chi connectivity index (χ0n) is 11.9. The average Bonchev–Trinajstić information content (AvgIpc) is 2.77. The smallest absolute Gasteiger partial charge is 0.174 e. The third-order valence-electron chi connectivity index (χ3n) is 3.73. The van der Waals surface area contributed by atoms with E-state index in [1.165, 1.54) is 6.42 Å². The summed E-state index contributed by atoms with van der Waals surface area (Å²) in [6.07, 6.45) is 6.07. The summed E-state index contributed by atoms with van der Waals surface area (Å²) in [4.78, 5) is 0. The van der Waals surface area contributed by atoms with Crippen molar-refractivity contribution in [3.63, 3.8) is 0 Å². The Morgan fingerprint density at radius 3 is 2.82 bits per heavy atom. The molecule has 1 aromatic heterocycles. The molecule has 0 spiro atoms. The summed E-state index contributed by atoms with van der Waals surface area (Å²) >= 11 is 11.9. The molecule has 0 radical (unpaired) electrons. The zero-order chi connectivity index (χ0) is 15.5. The SMILES string of the molecule is N#C/C(=C/c1ccc(Cl)c(Cl)c1)c1nnc2n1CCCCC2. The summed E-state index contributed by atoms with van der Waals surface area (Å²) in [7, 11) is 0. The lowest BCUT2D eigenvalue weighted by atomic mass is 10.1. The Bertz CT molecular complexity index is 771. The topological polar surface area (TPSA) is 54.5 Å². The number of halogens is 2. The molecular formula is C16H14Cl2N4. The van der Waals surface area contributed by atoms with Crippen molar-refractivity contribution in [2.45, 2.75) is 32.2 Å². The van der Waals surface area contributed by atoms with E-state index in [9.17, 15) is 5.26 Å². The maximum absolute atomic E-state index is 9.50. The van der Waals surface area contributed by atoms with Gasteiger partial charge < -0.3 is 4.57 Å². The molecule has 1 aromatic carbocycles. The zero-order valence-corrected chi connectivity index (χ0v) is 13.4. The van der Waals surface area contributed by atoms with Gasteiger partial charge in [0.25, 0.3) is 0 Å². The van der Waals surface area contributed by atoms with Crippen LogP contribution in [0.1, 0.15) is 36.5 Å². The second-order valence-electron chi connectivity index (χ2n) is 5.25. The van der Waals surface area contributed by atoms with E-state index in [0.717, 1.165) is 37.2 Å². The summed E-state index contributed by atoms with van der Waals surface area (Å²) in [5.74, 6) is 1.59. The second kappa shape index (κ2) is 6.51. The van der Waals surface area contributed by atoms with Crippen LogP contribution in [0.4, 0.5) is 0 Å². The van der Waals surface area contributed by atoms with Crippen LogP contribution in [0, 0.1) is 11.3 Å². The van der Waals surface area contributed by atoms with Gasteiger partial charge in [0.15, 0.2) is 5.82 Å². The highest BCUT2D eigenvalue weighted by atomic mass is 35.5. The van der Waals surface area contributed by atoms with Crippen LogP contribution in [-0.4, -0.2) is 14.8 Å². The molecular weight excluding hydrogens is 319 g/mol. The molecule has 0 amide bonds. The molecule has 2 heterocycles. The quantitative estimate of drug-likeness (QED) is 0.767. The molecule has 1 aliphatic rings. The molecule has 2 aromatic rings. The van der Waals surface area contributed by atoms with Crippen LogP contribution in [0.25, 0.3) is 11.6 Å². The largest absolute Gasteiger partial charge is 0.310 e. The molecule has 3 rings (SSSR count). The normalized spacial score (nSPS) is 15.0. The van der Waals surface area contributed by atoms with Crippen molar-refractivity contribution < 1.29 is 0 Å². The Labute approximate surface area is 139 Å². The number of aromatic nitrogens is 3. The molecule has 22 heavy (non-hydrogen) atoms. The molecule has 0 saturated carbocycles. The van der Waals surface area contributed by atoms with E-state index < -0.39 is 0 Å². The number of rotatable bonds is 2. The molecule has 1 aliphatic heterocycles. The molecule has 0 N–H and O–H groups in total. The molecule has 0 aliphatic carbocycles. The third-order valence-corrected chi connectivity index (χ3v) is 4.46. The Hall–Kier alpha value is -1.83. The lowest BCUT2D eigenvalue weighted by Gasteiger charge is -2.06. The maximum atomic E-state index is 9.50. The first-order valence-corrected chi connectivity index (χ1v) is 7.94. The maximum Gasteiger partial charge on any atom is 0.174 e. The minimum atomic E-state index is 0.466. The third kappa shape index (κ3) is 3.01. The van der Waals surface area contributed by atoms with Crippen molar-refractivity contribution in [1.82, 2.24) is 14.8 Å². The van der Waals surface area contributed by atoms with E-state index in [2.05, 4.69) is 20.8 Å².